The van der Waals surface area contributed by atoms with E-state index in [1.165, 1.54) is 0 Å². The molecule has 3 aromatic carbocycles. The maximum Gasteiger partial charge on any atom is 0.325 e. The number of hydrogen-bond donors (Lipinski definition) is 3. The summed E-state index contributed by atoms with van der Waals surface area (Å²) >= 11 is 0. The molecule has 180 valence electrons. The molecular weight excluding hydrogens is 446 g/mol. The zero-order chi connectivity index (χ0) is 25.0. The quantitative estimate of drug-likeness (QED) is 0.392. The first-order valence-corrected chi connectivity index (χ1v) is 11.2. The fourth-order valence-electron chi connectivity index (χ4n) is 3.36. The molecule has 0 radical (unpaired) electrons. The van der Waals surface area contributed by atoms with Crippen molar-refractivity contribution in [1.29, 1.82) is 0 Å². The van der Waals surface area contributed by atoms with Gasteiger partial charge in [-0.1, -0.05) is 60.7 Å². The monoisotopic (exact) mass is 473 g/mol. The van der Waals surface area contributed by atoms with Gasteiger partial charge < -0.3 is 20.7 Å². The van der Waals surface area contributed by atoms with E-state index in [4.69, 9.17) is 4.74 Å². The molecule has 0 fully saturated rings. The Bertz CT molecular complexity index is 1170. The number of carbonyl (C=O) groups excluding carboxylic acids is 4. The zero-order valence-corrected chi connectivity index (χ0v) is 19.3. The van der Waals surface area contributed by atoms with E-state index in [0.29, 0.717) is 11.3 Å². The maximum atomic E-state index is 13.2. The average molecular weight is 474 g/mol. The van der Waals surface area contributed by atoms with Crippen molar-refractivity contribution in [2.24, 2.45) is 0 Å². The van der Waals surface area contributed by atoms with E-state index < -0.39 is 23.8 Å². The summed E-state index contributed by atoms with van der Waals surface area (Å²) in [7, 11) is 0. The molecule has 3 aromatic rings. The number of para-hydroxylation sites is 1. The molecule has 0 aliphatic carbocycles. The standard InChI is InChI=1S/C27H27N3O5/c1-2-35-24(31)18-28-27(34)23(17-19-11-5-3-6-12-19)30-26(33)21-15-9-10-16-22(21)29-25(32)20-13-7-4-8-14-20/h3-16,23H,2,17-18H2,1H3,(H,28,34)(H,29,32)(H,30,33)/t23-/m1/s1. The van der Waals surface area contributed by atoms with Crippen LogP contribution >= 0.6 is 0 Å². The van der Waals surface area contributed by atoms with Crippen LogP contribution in [-0.2, 0) is 20.7 Å². The highest BCUT2D eigenvalue weighted by Crippen LogP contribution is 2.17. The summed E-state index contributed by atoms with van der Waals surface area (Å²) in [5.41, 5.74) is 1.79. The van der Waals surface area contributed by atoms with Gasteiger partial charge in [0.25, 0.3) is 11.8 Å². The zero-order valence-electron chi connectivity index (χ0n) is 19.3. The normalized spacial score (nSPS) is 11.1. The first kappa shape index (κ1) is 25.2. The van der Waals surface area contributed by atoms with Crippen LogP contribution in [0.25, 0.3) is 0 Å². The van der Waals surface area contributed by atoms with Gasteiger partial charge >= 0.3 is 5.97 Å². The molecule has 8 nitrogen and oxygen atoms in total. The molecule has 3 N–H and O–H groups in total. The summed E-state index contributed by atoms with van der Waals surface area (Å²) in [5.74, 6) is -2.00. The summed E-state index contributed by atoms with van der Waals surface area (Å²) in [6.45, 7) is 1.56. The van der Waals surface area contributed by atoms with Crippen LogP contribution in [0.3, 0.4) is 0 Å². The summed E-state index contributed by atoms with van der Waals surface area (Å²) in [4.78, 5) is 50.3. The van der Waals surface area contributed by atoms with E-state index in [1.807, 2.05) is 30.3 Å². The molecule has 0 aliphatic heterocycles. The predicted octanol–water partition coefficient (Wildman–Crippen LogP) is 2.96. The van der Waals surface area contributed by atoms with Crippen LogP contribution in [0.1, 0.15) is 33.2 Å². The fraction of sp³-hybridized carbons (Fsp3) is 0.185. The van der Waals surface area contributed by atoms with Crippen molar-refractivity contribution in [3.05, 3.63) is 102 Å². The van der Waals surface area contributed by atoms with Crippen LogP contribution in [0, 0.1) is 0 Å². The fourth-order valence-corrected chi connectivity index (χ4v) is 3.36. The van der Waals surface area contributed by atoms with Crippen LogP contribution in [0.15, 0.2) is 84.9 Å². The van der Waals surface area contributed by atoms with E-state index in [2.05, 4.69) is 16.0 Å². The molecular formula is C27H27N3O5. The van der Waals surface area contributed by atoms with Crippen molar-refractivity contribution in [3.63, 3.8) is 0 Å². The Kier molecular flexibility index (Phi) is 9.13. The second-order valence-corrected chi connectivity index (χ2v) is 7.60. The molecule has 0 saturated carbocycles. The third-order valence-electron chi connectivity index (χ3n) is 5.07. The number of nitrogens with one attached hydrogen (secondary N) is 3. The number of esters is 1. The van der Waals surface area contributed by atoms with Gasteiger partial charge in [-0.3, -0.25) is 19.2 Å². The third-order valence-corrected chi connectivity index (χ3v) is 5.07. The van der Waals surface area contributed by atoms with E-state index in [9.17, 15) is 19.2 Å². The Morgan fingerprint density at radius 2 is 1.43 bits per heavy atom. The Balaban J connectivity index is 1.77. The summed E-state index contributed by atoms with van der Waals surface area (Å²) in [6, 6.07) is 23.4. The number of hydrogen-bond acceptors (Lipinski definition) is 5. The second kappa shape index (κ2) is 12.7. The lowest BCUT2D eigenvalue weighted by molar-refractivity contribution is -0.143. The van der Waals surface area contributed by atoms with Crippen molar-refractivity contribution >= 4 is 29.4 Å². The predicted molar refractivity (Wildman–Crippen MR) is 132 cm³/mol. The van der Waals surface area contributed by atoms with Gasteiger partial charge in [0.2, 0.25) is 5.91 Å². The van der Waals surface area contributed by atoms with Crippen LogP contribution in [0.4, 0.5) is 5.69 Å². The SMILES string of the molecule is CCOC(=O)CNC(=O)[C@@H](Cc1ccccc1)NC(=O)c1ccccc1NC(=O)c1ccccc1. The molecule has 0 heterocycles. The van der Waals surface area contributed by atoms with Crippen LogP contribution in [0.2, 0.25) is 0 Å². The van der Waals surface area contributed by atoms with E-state index in [0.717, 1.165) is 5.56 Å². The minimum atomic E-state index is -0.961. The largest absolute Gasteiger partial charge is 0.465 e. The highest BCUT2D eigenvalue weighted by molar-refractivity contribution is 6.09. The number of amides is 3. The van der Waals surface area contributed by atoms with Gasteiger partial charge in [-0.05, 0) is 36.8 Å². The molecule has 0 aliphatic rings. The van der Waals surface area contributed by atoms with Gasteiger partial charge in [0.05, 0.1) is 17.9 Å². The highest BCUT2D eigenvalue weighted by atomic mass is 16.5. The topological polar surface area (TPSA) is 114 Å². The Morgan fingerprint density at radius 1 is 0.800 bits per heavy atom. The summed E-state index contributed by atoms with van der Waals surface area (Å²) < 4.78 is 4.85. The second-order valence-electron chi connectivity index (χ2n) is 7.60. The van der Waals surface area contributed by atoms with E-state index in [1.54, 1.807) is 61.5 Å². The van der Waals surface area contributed by atoms with Crippen LogP contribution in [0.5, 0.6) is 0 Å². The molecule has 0 bridgehead atoms. The van der Waals surface area contributed by atoms with Crippen molar-refractivity contribution < 1.29 is 23.9 Å². The maximum absolute atomic E-state index is 13.2. The molecule has 3 rings (SSSR count). The lowest BCUT2D eigenvalue weighted by atomic mass is 10.0. The van der Waals surface area contributed by atoms with E-state index in [-0.39, 0.29) is 31.0 Å². The van der Waals surface area contributed by atoms with Gasteiger partial charge in [0.15, 0.2) is 0 Å². The number of benzene rings is 3. The van der Waals surface area contributed by atoms with Gasteiger partial charge in [-0.25, -0.2) is 0 Å². The molecule has 0 aromatic heterocycles. The first-order valence-electron chi connectivity index (χ1n) is 11.2. The summed E-state index contributed by atoms with van der Waals surface area (Å²) in [6.07, 6.45) is 0.208. The highest BCUT2D eigenvalue weighted by Gasteiger charge is 2.24. The third kappa shape index (κ3) is 7.53. The number of carbonyl (C=O) groups is 4. The molecule has 3 amide bonds. The van der Waals surface area contributed by atoms with Crippen LogP contribution in [-0.4, -0.2) is 42.9 Å². The van der Waals surface area contributed by atoms with Gasteiger partial charge in [-0.2, -0.15) is 0 Å². The van der Waals surface area contributed by atoms with Crippen LogP contribution < -0.4 is 16.0 Å². The Hall–Kier alpha value is -4.46. The van der Waals surface area contributed by atoms with Crippen molar-refractivity contribution in [2.75, 3.05) is 18.5 Å². The van der Waals surface area contributed by atoms with Gasteiger partial charge in [-0.15, -0.1) is 0 Å². The molecule has 8 heteroatoms. The lowest BCUT2D eigenvalue weighted by Gasteiger charge is -2.19. The smallest absolute Gasteiger partial charge is 0.325 e. The van der Waals surface area contributed by atoms with Crippen molar-refractivity contribution in [2.45, 2.75) is 19.4 Å². The number of anilines is 1. The molecule has 0 unspecified atom stereocenters. The molecule has 0 spiro atoms. The van der Waals surface area contributed by atoms with Crippen molar-refractivity contribution in [1.82, 2.24) is 10.6 Å². The minimum Gasteiger partial charge on any atom is -0.465 e. The Labute approximate surface area is 203 Å². The molecule has 1 atom stereocenters. The minimum absolute atomic E-state index is 0.199. The van der Waals surface area contributed by atoms with E-state index >= 15 is 0 Å². The summed E-state index contributed by atoms with van der Waals surface area (Å²) in [5, 5.41) is 8.00. The first-order chi connectivity index (χ1) is 17.0. The Morgan fingerprint density at radius 3 is 2.11 bits per heavy atom. The number of rotatable bonds is 10. The number of ether oxygens (including phenoxy) is 1. The van der Waals surface area contributed by atoms with Gasteiger partial charge in [0, 0.05) is 12.0 Å². The molecule has 0 saturated heterocycles. The average Bonchev–Trinajstić information content (AvgIpc) is 2.88. The molecule has 35 heavy (non-hydrogen) atoms. The van der Waals surface area contributed by atoms with Crippen molar-refractivity contribution in [3.8, 4) is 0 Å². The lowest BCUT2D eigenvalue weighted by Crippen LogP contribution is -2.49. The van der Waals surface area contributed by atoms with Gasteiger partial charge in [0.1, 0.15) is 12.6 Å².